The predicted octanol–water partition coefficient (Wildman–Crippen LogP) is 2.45. The van der Waals surface area contributed by atoms with Crippen molar-refractivity contribution in [1.82, 2.24) is 19.9 Å². The Bertz CT molecular complexity index is 658. The highest BCUT2D eigenvalue weighted by molar-refractivity contribution is 5.70. The second-order valence-corrected chi connectivity index (χ2v) is 4.33. The van der Waals surface area contributed by atoms with E-state index in [4.69, 9.17) is 0 Å². The molecule has 0 fully saturated rings. The van der Waals surface area contributed by atoms with E-state index < -0.39 is 0 Å². The molecule has 0 aliphatic carbocycles. The first-order valence-electron chi connectivity index (χ1n) is 6.03. The number of aromatic nitrogens is 4. The van der Waals surface area contributed by atoms with Crippen LogP contribution in [-0.4, -0.2) is 19.9 Å². The van der Waals surface area contributed by atoms with Crippen LogP contribution in [0.1, 0.15) is 17.2 Å². The number of fused-ring (bicyclic) bond motifs is 1. The maximum absolute atomic E-state index is 4.49. The zero-order valence-corrected chi connectivity index (χ0v) is 10.2. The lowest BCUT2D eigenvalue weighted by Crippen LogP contribution is -1.95. The molecule has 3 heterocycles. The molecule has 0 saturated carbocycles. The SMILES string of the molecule is Cc1ccc2[nH]c(CCc3ccccn3)nc2n1. The third-order valence-corrected chi connectivity index (χ3v) is 2.88. The Hall–Kier alpha value is -2.23. The molecule has 4 heteroatoms. The molecule has 0 radical (unpaired) electrons. The number of pyridine rings is 2. The smallest absolute Gasteiger partial charge is 0.177 e. The van der Waals surface area contributed by atoms with Crippen molar-refractivity contribution in [3.63, 3.8) is 0 Å². The molecule has 1 N–H and O–H groups in total. The summed E-state index contributed by atoms with van der Waals surface area (Å²) < 4.78 is 0. The van der Waals surface area contributed by atoms with Crippen LogP contribution in [0.5, 0.6) is 0 Å². The fourth-order valence-electron chi connectivity index (χ4n) is 1.95. The molecule has 3 aromatic heterocycles. The van der Waals surface area contributed by atoms with Crippen LogP contribution >= 0.6 is 0 Å². The Morgan fingerprint density at radius 3 is 2.83 bits per heavy atom. The fourth-order valence-corrected chi connectivity index (χ4v) is 1.95. The fraction of sp³-hybridized carbons (Fsp3) is 0.214. The number of rotatable bonds is 3. The minimum Gasteiger partial charge on any atom is -0.341 e. The summed E-state index contributed by atoms with van der Waals surface area (Å²) >= 11 is 0. The van der Waals surface area contributed by atoms with Crippen LogP contribution in [0, 0.1) is 6.92 Å². The highest BCUT2D eigenvalue weighted by Crippen LogP contribution is 2.11. The molecule has 3 aromatic rings. The van der Waals surface area contributed by atoms with Gasteiger partial charge in [0, 0.05) is 24.0 Å². The lowest BCUT2D eigenvalue weighted by atomic mass is 10.2. The molecular weight excluding hydrogens is 224 g/mol. The molecule has 0 unspecified atom stereocenters. The van der Waals surface area contributed by atoms with Gasteiger partial charge < -0.3 is 4.98 Å². The molecule has 0 spiro atoms. The van der Waals surface area contributed by atoms with E-state index in [1.165, 1.54) is 0 Å². The summed E-state index contributed by atoms with van der Waals surface area (Å²) in [4.78, 5) is 16.5. The van der Waals surface area contributed by atoms with Gasteiger partial charge in [-0.15, -0.1) is 0 Å². The van der Waals surface area contributed by atoms with Crippen LogP contribution in [0.4, 0.5) is 0 Å². The van der Waals surface area contributed by atoms with Crippen molar-refractivity contribution in [2.45, 2.75) is 19.8 Å². The van der Waals surface area contributed by atoms with Gasteiger partial charge >= 0.3 is 0 Å². The van der Waals surface area contributed by atoms with Crippen LogP contribution in [-0.2, 0) is 12.8 Å². The summed E-state index contributed by atoms with van der Waals surface area (Å²) in [5, 5.41) is 0. The number of nitrogens with zero attached hydrogens (tertiary/aromatic N) is 3. The van der Waals surface area contributed by atoms with E-state index in [1.807, 2.05) is 43.5 Å². The molecule has 0 aromatic carbocycles. The van der Waals surface area contributed by atoms with Crippen molar-refractivity contribution in [3.8, 4) is 0 Å². The lowest BCUT2D eigenvalue weighted by molar-refractivity contribution is 0.860. The average Bonchev–Trinajstić information content (AvgIpc) is 2.79. The normalized spacial score (nSPS) is 10.9. The van der Waals surface area contributed by atoms with Crippen molar-refractivity contribution in [2.75, 3.05) is 0 Å². The zero-order chi connectivity index (χ0) is 12.4. The Balaban J connectivity index is 1.79. The number of hydrogen-bond donors (Lipinski definition) is 1. The van der Waals surface area contributed by atoms with Crippen LogP contribution in [0.3, 0.4) is 0 Å². The van der Waals surface area contributed by atoms with Gasteiger partial charge in [-0.2, -0.15) is 0 Å². The molecule has 0 amide bonds. The molecule has 3 rings (SSSR count). The number of imidazole rings is 1. The number of H-pyrrole nitrogens is 1. The maximum Gasteiger partial charge on any atom is 0.177 e. The first-order chi connectivity index (χ1) is 8.81. The summed E-state index contributed by atoms with van der Waals surface area (Å²) in [7, 11) is 0. The number of nitrogens with one attached hydrogen (secondary N) is 1. The summed E-state index contributed by atoms with van der Waals surface area (Å²) in [5.41, 5.74) is 3.87. The second kappa shape index (κ2) is 4.56. The number of hydrogen-bond acceptors (Lipinski definition) is 3. The first kappa shape index (κ1) is 10.9. The summed E-state index contributed by atoms with van der Waals surface area (Å²) in [6.45, 7) is 1.97. The van der Waals surface area contributed by atoms with Gasteiger partial charge in [0.05, 0.1) is 5.52 Å². The summed E-state index contributed by atoms with van der Waals surface area (Å²) in [6, 6.07) is 9.98. The summed E-state index contributed by atoms with van der Waals surface area (Å²) in [5.74, 6) is 0.966. The Morgan fingerprint density at radius 1 is 1.06 bits per heavy atom. The maximum atomic E-state index is 4.49. The van der Waals surface area contributed by atoms with E-state index >= 15 is 0 Å². The van der Waals surface area contributed by atoms with E-state index in [0.717, 1.165) is 41.2 Å². The van der Waals surface area contributed by atoms with Gasteiger partial charge in [-0.05, 0) is 37.6 Å². The van der Waals surface area contributed by atoms with Crippen molar-refractivity contribution < 1.29 is 0 Å². The largest absolute Gasteiger partial charge is 0.341 e. The van der Waals surface area contributed by atoms with E-state index in [2.05, 4.69) is 19.9 Å². The summed E-state index contributed by atoms with van der Waals surface area (Å²) in [6.07, 6.45) is 3.56. The minimum atomic E-state index is 0.797. The van der Waals surface area contributed by atoms with Gasteiger partial charge in [0.2, 0.25) is 0 Å². The van der Waals surface area contributed by atoms with E-state index in [1.54, 1.807) is 0 Å². The molecule has 90 valence electrons. The van der Waals surface area contributed by atoms with Crippen molar-refractivity contribution >= 4 is 11.2 Å². The van der Waals surface area contributed by atoms with Crippen LogP contribution in [0.25, 0.3) is 11.2 Å². The van der Waals surface area contributed by atoms with E-state index in [0.29, 0.717) is 0 Å². The molecule has 0 atom stereocenters. The Labute approximate surface area is 105 Å². The molecule has 0 aliphatic rings. The van der Waals surface area contributed by atoms with Gasteiger partial charge in [0.15, 0.2) is 5.65 Å². The van der Waals surface area contributed by atoms with Crippen LogP contribution in [0.15, 0.2) is 36.5 Å². The molecular formula is C14H14N4. The van der Waals surface area contributed by atoms with Crippen molar-refractivity contribution in [2.24, 2.45) is 0 Å². The van der Waals surface area contributed by atoms with Gasteiger partial charge in [-0.25, -0.2) is 9.97 Å². The van der Waals surface area contributed by atoms with Gasteiger partial charge in [0.25, 0.3) is 0 Å². The Morgan fingerprint density at radius 2 is 2.00 bits per heavy atom. The van der Waals surface area contributed by atoms with Gasteiger partial charge in [0.1, 0.15) is 5.82 Å². The quantitative estimate of drug-likeness (QED) is 0.762. The predicted molar refractivity (Wildman–Crippen MR) is 70.3 cm³/mol. The molecule has 18 heavy (non-hydrogen) atoms. The van der Waals surface area contributed by atoms with Crippen molar-refractivity contribution in [3.05, 3.63) is 53.7 Å². The highest BCUT2D eigenvalue weighted by atomic mass is 15.0. The standard InChI is InChI=1S/C14H14N4/c1-10-5-7-12-14(16-10)18-13(17-12)8-6-11-4-2-3-9-15-11/h2-5,7,9H,6,8H2,1H3,(H,16,17,18). The van der Waals surface area contributed by atoms with Crippen LogP contribution < -0.4 is 0 Å². The third kappa shape index (κ3) is 2.22. The topological polar surface area (TPSA) is 54.5 Å². The molecule has 0 bridgehead atoms. The average molecular weight is 238 g/mol. The molecule has 4 nitrogen and oxygen atoms in total. The van der Waals surface area contributed by atoms with Gasteiger partial charge in [-0.1, -0.05) is 6.07 Å². The zero-order valence-electron chi connectivity index (χ0n) is 10.2. The third-order valence-electron chi connectivity index (χ3n) is 2.88. The number of aryl methyl sites for hydroxylation is 3. The van der Waals surface area contributed by atoms with Gasteiger partial charge in [-0.3, -0.25) is 4.98 Å². The highest BCUT2D eigenvalue weighted by Gasteiger charge is 2.04. The van der Waals surface area contributed by atoms with E-state index in [-0.39, 0.29) is 0 Å². The monoisotopic (exact) mass is 238 g/mol. The van der Waals surface area contributed by atoms with Crippen LogP contribution in [0.2, 0.25) is 0 Å². The van der Waals surface area contributed by atoms with Crippen molar-refractivity contribution in [1.29, 1.82) is 0 Å². The molecule has 0 aliphatic heterocycles. The van der Waals surface area contributed by atoms with E-state index in [9.17, 15) is 0 Å². The first-order valence-corrected chi connectivity index (χ1v) is 6.03. The molecule has 0 saturated heterocycles. The lowest BCUT2D eigenvalue weighted by Gasteiger charge is -1.96. The number of aromatic amines is 1. The Kier molecular flexibility index (Phi) is 2.76. The second-order valence-electron chi connectivity index (χ2n) is 4.33. The minimum absolute atomic E-state index is 0.797.